The number of benzene rings is 1. The molecule has 8 heteroatoms. The number of fused-ring (bicyclic) bond motifs is 1. The Kier molecular flexibility index (Phi) is 4.65. The van der Waals surface area contributed by atoms with E-state index in [2.05, 4.69) is 5.10 Å². The van der Waals surface area contributed by atoms with Crippen molar-refractivity contribution in [3.8, 4) is 5.69 Å². The van der Waals surface area contributed by atoms with Gasteiger partial charge < -0.3 is 15.4 Å². The molecule has 4 rings (SSSR count). The number of morpholine rings is 1. The largest absolute Gasteiger partial charge is 0.367 e. The summed E-state index contributed by atoms with van der Waals surface area (Å²) in [7, 11) is 0. The predicted octanol–water partition coefficient (Wildman–Crippen LogP) is 1.22. The molecule has 0 bridgehead atoms. The lowest BCUT2D eigenvalue weighted by Gasteiger charge is -2.31. The van der Waals surface area contributed by atoms with E-state index in [1.54, 1.807) is 21.7 Å². The summed E-state index contributed by atoms with van der Waals surface area (Å²) in [6, 6.07) is 6.08. The van der Waals surface area contributed by atoms with Gasteiger partial charge in [-0.05, 0) is 49.9 Å². The number of primary amides is 1. The third-order valence-corrected chi connectivity index (χ3v) is 5.12. The van der Waals surface area contributed by atoms with E-state index in [1.165, 1.54) is 12.1 Å². The van der Waals surface area contributed by atoms with E-state index in [4.69, 9.17) is 10.5 Å². The number of hydrogen-bond donors (Lipinski definition) is 1. The van der Waals surface area contributed by atoms with E-state index < -0.39 is 12.0 Å². The van der Waals surface area contributed by atoms with Crippen LogP contribution in [0.4, 0.5) is 4.39 Å². The van der Waals surface area contributed by atoms with Crippen molar-refractivity contribution in [3.05, 3.63) is 47.0 Å². The molecule has 0 saturated carbocycles. The minimum Gasteiger partial charge on any atom is -0.367 e. The van der Waals surface area contributed by atoms with Crippen molar-refractivity contribution < 1.29 is 18.7 Å². The zero-order valence-electron chi connectivity index (χ0n) is 14.9. The molecule has 0 spiro atoms. The molecular weight excluding hydrogens is 351 g/mol. The van der Waals surface area contributed by atoms with Gasteiger partial charge in [0.05, 0.1) is 18.8 Å². The number of amides is 2. The molecule has 1 aliphatic carbocycles. The standard InChI is InChI=1S/C19H21FN4O3/c20-12-5-7-13(8-6-12)24-15-4-2-1-3-14(15)17(22-24)19(26)23-9-10-27-16(11-23)18(21)25/h5-8,16H,1-4,9-11H2,(H2,21,25). The summed E-state index contributed by atoms with van der Waals surface area (Å²) >= 11 is 0. The lowest BCUT2D eigenvalue weighted by Crippen LogP contribution is -2.50. The summed E-state index contributed by atoms with van der Waals surface area (Å²) in [6.45, 7) is 0.785. The van der Waals surface area contributed by atoms with E-state index in [0.717, 1.165) is 42.6 Å². The first-order valence-electron chi connectivity index (χ1n) is 9.11. The average Bonchev–Trinajstić information content (AvgIpc) is 3.08. The van der Waals surface area contributed by atoms with Crippen LogP contribution in [0.25, 0.3) is 5.69 Å². The molecule has 1 aliphatic heterocycles. The van der Waals surface area contributed by atoms with Crippen LogP contribution in [0.5, 0.6) is 0 Å². The van der Waals surface area contributed by atoms with Gasteiger partial charge in [-0.3, -0.25) is 9.59 Å². The Labute approximate surface area is 155 Å². The number of nitrogens with zero attached hydrogens (tertiary/aromatic N) is 3. The van der Waals surface area contributed by atoms with Crippen LogP contribution in [0, 0.1) is 5.82 Å². The highest BCUT2D eigenvalue weighted by Crippen LogP contribution is 2.28. The molecule has 27 heavy (non-hydrogen) atoms. The number of aromatic nitrogens is 2. The van der Waals surface area contributed by atoms with E-state index in [9.17, 15) is 14.0 Å². The Morgan fingerprint density at radius 1 is 1.19 bits per heavy atom. The highest BCUT2D eigenvalue weighted by molar-refractivity contribution is 5.95. The van der Waals surface area contributed by atoms with Gasteiger partial charge in [0.15, 0.2) is 11.8 Å². The van der Waals surface area contributed by atoms with Gasteiger partial charge >= 0.3 is 0 Å². The molecule has 1 aromatic carbocycles. The van der Waals surface area contributed by atoms with Crippen molar-refractivity contribution in [2.24, 2.45) is 5.73 Å². The van der Waals surface area contributed by atoms with Crippen molar-refractivity contribution in [3.63, 3.8) is 0 Å². The van der Waals surface area contributed by atoms with Gasteiger partial charge in [-0.1, -0.05) is 0 Å². The van der Waals surface area contributed by atoms with Crippen LogP contribution in [0.3, 0.4) is 0 Å². The fourth-order valence-electron chi connectivity index (χ4n) is 3.72. The predicted molar refractivity (Wildman–Crippen MR) is 95.0 cm³/mol. The number of rotatable bonds is 3. The third kappa shape index (κ3) is 3.32. The maximum Gasteiger partial charge on any atom is 0.274 e. The molecule has 2 N–H and O–H groups in total. The molecule has 142 valence electrons. The minimum absolute atomic E-state index is 0.131. The quantitative estimate of drug-likeness (QED) is 0.877. The summed E-state index contributed by atoms with van der Waals surface area (Å²) in [5, 5.41) is 4.58. The molecule has 7 nitrogen and oxygen atoms in total. The second kappa shape index (κ2) is 7.11. The average molecular weight is 372 g/mol. The smallest absolute Gasteiger partial charge is 0.274 e. The Balaban J connectivity index is 1.69. The van der Waals surface area contributed by atoms with E-state index in [1.807, 2.05) is 0 Å². The Morgan fingerprint density at radius 3 is 2.67 bits per heavy atom. The lowest BCUT2D eigenvalue weighted by molar-refractivity contribution is -0.133. The maximum absolute atomic E-state index is 13.3. The highest BCUT2D eigenvalue weighted by atomic mass is 19.1. The van der Waals surface area contributed by atoms with Crippen molar-refractivity contribution >= 4 is 11.8 Å². The van der Waals surface area contributed by atoms with E-state index in [-0.39, 0.29) is 24.9 Å². The molecule has 2 amide bonds. The second-order valence-electron chi connectivity index (χ2n) is 6.88. The van der Waals surface area contributed by atoms with Crippen LogP contribution in [-0.4, -0.2) is 52.3 Å². The first-order chi connectivity index (χ1) is 13.0. The van der Waals surface area contributed by atoms with E-state index in [0.29, 0.717) is 12.2 Å². The van der Waals surface area contributed by atoms with Gasteiger partial charge in [-0.2, -0.15) is 5.10 Å². The van der Waals surface area contributed by atoms with Crippen LogP contribution >= 0.6 is 0 Å². The fraction of sp³-hybridized carbons (Fsp3) is 0.421. The fourth-order valence-corrected chi connectivity index (χ4v) is 3.72. The van der Waals surface area contributed by atoms with Gasteiger partial charge in [0.2, 0.25) is 5.91 Å². The van der Waals surface area contributed by atoms with Crippen molar-refractivity contribution in [1.82, 2.24) is 14.7 Å². The van der Waals surface area contributed by atoms with Crippen LogP contribution in [0.1, 0.15) is 34.6 Å². The summed E-state index contributed by atoms with van der Waals surface area (Å²) in [5.41, 5.74) is 8.39. The minimum atomic E-state index is -0.794. The van der Waals surface area contributed by atoms with Crippen LogP contribution < -0.4 is 5.73 Å². The number of carbonyl (C=O) groups is 2. The number of nitrogens with two attached hydrogens (primary N) is 1. The third-order valence-electron chi connectivity index (χ3n) is 5.12. The van der Waals surface area contributed by atoms with Crippen molar-refractivity contribution in [2.45, 2.75) is 31.8 Å². The Hall–Kier alpha value is -2.74. The van der Waals surface area contributed by atoms with Gasteiger partial charge in [-0.25, -0.2) is 9.07 Å². The molecule has 1 atom stereocenters. The molecule has 2 heterocycles. The molecule has 2 aliphatic rings. The Morgan fingerprint density at radius 2 is 1.93 bits per heavy atom. The number of ether oxygens (including phenoxy) is 1. The SMILES string of the molecule is NC(=O)C1CN(C(=O)c2nn(-c3ccc(F)cc3)c3c2CCCC3)CCO1. The van der Waals surface area contributed by atoms with Gasteiger partial charge in [0.1, 0.15) is 5.82 Å². The monoisotopic (exact) mass is 372 g/mol. The summed E-state index contributed by atoms with van der Waals surface area (Å²) in [4.78, 5) is 26.1. The first-order valence-corrected chi connectivity index (χ1v) is 9.11. The molecule has 1 saturated heterocycles. The highest BCUT2D eigenvalue weighted by Gasteiger charge is 2.33. The molecule has 1 fully saturated rings. The van der Waals surface area contributed by atoms with Crippen molar-refractivity contribution in [2.75, 3.05) is 19.7 Å². The lowest BCUT2D eigenvalue weighted by atomic mass is 9.95. The van der Waals surface area contributed by atoms with Crippen LogP contribution in [0.15, 0.2) is 24.3 Å². The summed E-state index contributed by atoms with van der Waals surface area (Å²) in [5.74, 6) is -1.11. The van der Waals surface area contributed by atoms with Crippen LogP contribution in [-0.2, 0) is 22.4 Å². The summed E-state index contributed by atoms with van der Waals surface area (Å²) < 4.78 is 20.3. The molecule has 1 unspecified atom stereocenters. The number of carbonyl (C=O) groups excluding carboxylic acids is 2. The topological polar surface area (TPSA) is 90.5 Å². The molecular formula is C19H21FN4O3. The zero-order chi connectivity index (χ0) is 19.0. The van der Waals surface area contributed by atoms with E-state index >= 15 is 0 Å². The molecule has 0 radical (unpaired) electrons. The number of halogens is 1. The van der Waals surface area contributed by atoms with Gasteiger partial charge in [0, 0.05) is 17.8 Å². The summed E-state index contributed by atoms with van der Waals surface area (Å²) in [6.07, 6.45) is 2.82. The normalized spacial score (nSPS) is 19.6. The zero-order valence-corrected chi connectivity index (χ0v) is 14.9. The van der Waals surface area contributed by atoms with Gasteiger partial charge in [-0.15, -0.1) is 0 Å². The van der Waals surface area contributed by atoms with Crippen LogP contribution in [0.2, 0.25) is 0 Å². The van der Waals surface area contributed by atoms with Gasteiger partial charge in [0.25, 0.3) is 5.91 Å². The maximum atomic E-state index is 13.3. The number of hydrogen-bond acceptors (Lipinski definition) is 4. The molecule has 2 aromatic rings. The second-order valence-corrected chi connectivity index (χ2v) is 6.88. The van der Waals surface area contributed by atoms with Crippen molar-refractivity contribution in [1.29, 1.82) is 0 Å². The first kappa shape index (κ1) is 17.7. The Bertz CT molecular complexity index is 878. The molecule has 1 aromatic heterocycles.